The minimum Gasteiger partial charge on any atom is -0.312 e. The largest absolute Gasteiger partial charge is 0.312 e. The molecule has 1 aliphatic heterocycles. The van der Waals surface area contributed by atoms with E-state index in [0.29, 0.717) is 18.7 Å². The van der Waals surface area contributed by atoms with Gasteiger partial charge in [-0.2, -0.15) is 0 Å². The molecule has 1 fully saturated rings. The van der Waals surface area contributed by atoms with Crippen molar-refractivity contribution in [2.24, 2.45) is 0 Å². The van der Waals surface area contributed by atoms with Crippen molar-refractivity contribution in [1.29, 1.82) is 0 Å². The topological polar surface area (TPSA) is 66.5 Å². The van der Waals surface area contributed by atoms with Crippen molar-refractivity contribution in [2.45, 2.75) is 19.8 Å². The summed E-state index contributed by atoms with van der Waals surface area (Å²) in [7, 11) is -3.54. The summed E-state index contributed by atoms with van der Waals surface area (Å²) in [6, 6.07) is 5.12. The Morgan fingerprint density at radius 1 is 1.45 bits per heavy atom. The molecule has 0 aliphatic carbocycles. The van der Waals surface area contributed by atoms with Gasteiger partial charge >= 0.3 is 0 Å². The summed E-state index contributed by atoms with van der Waals surface area (Å²) in [5, 5.41) is 0. The van der Waals surface area contributed by atoms with Gasteiger partial charge in [-0.1, -0.05) is 12.0 Å². The van der Waals surface area contributed by atoms with E-state index < -0.39 is 10.0 Å². The predicted octanol–water partition coefficient (Wildman–Crippen LogP) is 1.50. The summed E-state index contributed by atoms with van der Waals surface area (Å²) in [5.41, 5.74) is 2.09. The molecule has 1 amide bonds. The minimum absolute atomic E-state index is 0.0664. The van der Waals surface area contributed by atoms with Crippen LogP contribution in [-0.2, 0) is 14.8 Å². The number of carbonyl (C=O) groups is 1. The first kappa shape index (κ1) is 14.4. The summed E-state index contributed by atoms with van der Waals surface area (Å²) in [5.74, 6) is 1.79. The van der Waals surface area contributed by atoms with Crippen molar-refractivity contribution in [1.82, 2.24) is 0 Å². The summed E-state index contributed by atoms with van der Waals surface area (Å²) >= 11 is 0. The number of rotatable bonds is 4. The highest BCUT2D eigenvalue weighted by molar-refractivity contribution is 7.92. The number of carbonyl (C=O) groups excluding carboxylic acids is 1. The van der Waals surface area contributed by atoms with Crippen molar-refractivity contribution in [2.75, 3.05) is 21.9 Å². The van der Waals surface area contributed by atoms with E-state index in [2.05, 4.69) is 10.6 Å². The van der Waals surface area contributed by atoms with E-state index in [9.17, 15) is 13.2 Å². The lowest BCUT2D eigenvalue weighted by Crippen LogP contribution is -2.25. The molecule has 0 aromatic heterocycles. The summed E-state index contributed by atoms with van der Waals surface area (Å²) < 4.78 is 25.7. The van der Waals surface area contributed by atoms with Crippen LogP contribution < -0.4 is 9.62 Å². The molecule has 1 aromatic rings. The number of sulfonamides is 1. The first-order chi connectivity index (χ1) is 9.43. The van der Waals surface area contributed by atoms with Crippen LogP contribution in [0.25, 0.3) is 0 Å². The average Bonchev–Trinajstić information content (AvgIpc) is 2.77. The zero-order chi connectivity index (χ0) is 14.8. The van der Waals surface area contributed by atoms with Crippen molar-refractivity contribution < 1.29 is 13.2 Å². The smallest absolute Gasteiger partial charge is 0.244 e. The van der Waals surface area contributed by atoms with Crippen molar-refractivity contribution in [3.05, 3.63) is 23.8 Å². The van der Waals surface area contributed by atoms with Crippen LogP contribution in [-0.4, -0.2) is 26.6 Å². The van der Waals surface area contributed by atoms with Crippen molar-refractivity contribution in [3.8, 4) is 12.3 Å². The van der Waals surface area contributed by atoms with Gasteiger partial charge in [-0.05, 0) is 31.0 Å². The van der Waals surface area contributed by atoms with Crippen molar-refractivity contribution in [3.63, 3.8) is 0 Å². The minimum atomic E-state index is -3.54. The first-order valence-corrected chi connectivity index (χ1v) is 7.93. The zero-order valence-electron chi connectivity index (χ0n) is 11.2. The Labute approximate surface area is 119 Å². The molecule has 6 heteroatoms. The standard InChI is InChI=1S/C14H16N2O3S/c1-3-9-20(18,19)15-12-7-6-11(2)13(10-12)16-8-4-5-14(16)17/h1,6-7,10,15H,4-5,8-9H2,2H3. The van der Waals surface area contributed by atoms with Crippen LogP contribution in [0, 0.1) is 19.3 Å². The van der Waals surface area contributed by atoms with Crippen LogP contribution in [0.1, 0.15) is 18.4 Å². The van der Waals surface area contributed by atoms with E-state index in [1.54, 1.807) is 23.1 Å². The van der Waals surface area contributed by atoms with Gasteiger partial charge in [-0.25, -0.2) is 8.42 Å². The Hall–Kier alpha value is -2.00. The molecule has 5 nitrogen and oxygen atoms in total. The Bertz CT molecular complexity index is 674. The molecule has 0 unspecified atom stereocenters. The maximum absolute atomic E-state index is 11.8. The molecule has 0 spiro atoms. The molecule has 1 aliphatic rings. The highest BCUT2D eigenvalue weighted by Gasteiger charge is 2.23. The lowest BCUT2D eigenvalue weighted by molar-refractivity contribution is -0.117. The second kappa shape index (κ2) is 5.55. The normalized spacial score (nSPS) is 15.2. The number of hydrogen-bond acceptors (Lipinski definition) is 3. The Morgan fingerprint density at radius 2 is 2.20 bits per heavy atom. The molecule has 1 aromatic carbocycles. The third kappa shape index (κ3) is 3.11. The van der Waals surface area contributed by atoms with Crippen LogP contribution in [0.5, 0.6) is 0 Å². The van der Waals surface area contributed by atoms with Crippen LogP contribution in [0.2, 0.25) is 0 Å². The monoisotopic (exact) mass is 292 g/mol. The van der Waals surface area contributed by atoms with Crippen LogP contribution in [0.3, 0.4) is 0 Å². The lowest BCUT2D eigenvalue weighted by atomic mass is 10.1. The molecular formula is C14H16N2O3S. The molecule has 2 rings (SSSR count). The second-order valence-electron chi connectivity index (χ2n) is 4.72. The Balaban J connectivity index is 2.30. The number of amides is 1. The highest BCUT2D eigenvalue weighted by atomic mass is 32.2. The molecular weight excluding hydrogens is 276 g/mol. The Kier molecular flexibility index (Phi) is 4.00. The van der Waals surface area contributed by atoms with E-state index >= 15 is 0 Å². The molecule has 20 heavy (non-hydrogen) atoms. The number of nitrogens with zero attached hydrogens (tertiary/aromatic N) is 1. The second-order valence-corrected chi connectivity index (χ2v) is 6.44. The first-order valence-electron chi connectivity index (χ1n) is 6.28. The Morgan fingerprint density at radius 3 is 2.80 bits per heavy atom. The molecule has 1 heterocycles. The SMILES string of the molecule is C#CCS(=O)(=O)Nc1ccc(C)c(N2CCCC2=O)c1. The highest BCUT2D eigenvalue weighted by Crippen LogP contribution is 2.28. The molecule has 0 saturated carbocycles. The maximum atomic E-state index is 11.8. The van der Waals surface area contributed by atoms with Crippen LogP contribution in [0.4, 0.5) is 11.4 Å². The van der Waals surface area contributed by atoms with Crippen LogP contribution in [0.15, 0.2) is 18.2 Å². The summed E-state index contributed by atoms with van der Waals surface area (Å²) in [6.07, 6.45) is 6.38. The van der Waals surface area contributed by atoms with Gasteiger partial charge in [0.2, 0.25) is 15.9 Å². The van der Waals surface area contributed by atoms with E-state index in [1.807, 2.05) is 6.92 Å². The molecule has 106 valence electrons. The van der Waals surface area contributed by atoms with E-state index in [4.69, 9.17) is 6.42 Å². The molecule has 0 radical (unpaired) electrons. The molecule has 0 atom stereocenters. The number of benzene rings is 1. The predicted molar refractivity (Wildman–Crippen MR) is 79.0 cm³/mol. The third-order valence-electron chi connectivity index (χ3n) is 3.12. The summed E-state index contributed by atoms with van der Waals surface area (Å²) in [4.78, 5) is 13.5. The maximum Gasteiger partial charge on any atom is 0.244 e. The zero-order valence-corrected chi connectivity index (χ0v) is 12.0. The number of hydrogen-bond donors (Lipinski definition) is 1. The van der Waals surface area contributed by atoms with Crippen LogP contribution >= 0.6 is 0 Å². The van der Waals surface area contributed by atoms with E-state index in [-0.39, 0.29) is 11.7 Å². The summed E-state index contributed by atoms with van der Waals surface area (Å²) in [6.45, 7) is 2.56. The number of anilines is 2. The van der Waals surface area contributed by atoms with E-state index in [0.717, 1.165) is 17.7 Å². The fraction of sp³-hybridized carbons (Fsp3) is 0.357. The molecule has 1 saturated heterocycles. The van der Waals surface area contributed by atoms with E-state index in [1.165, 1.54) is 0 Å². The van der Waals surface area contributed by atoms with Gasteiger partial charge in [0.15, 0.2) is 0 Å². The fourth-order valence-corrected chi connectivity index (χ4v) is 2.97. The fourth-order valence-electron chi connectivity index (χ4n) is 2.19. The van der Waals surface area contributed by atoms with Gasteiger partial charge in [0.25, 0.3) is 0 Å². The number of aryl methyl sites for hydroxylation is 1. The van der Waals surface area contributed by atoms with Gasteiger partial charge in [0, 0.05) is 18.7 Å². The van der Waals surface area contributed by atoms with Gasteiger partial charge < -0.3 is 4.90 Å². The van der Waals surface area contributed by atoms with Gasteiger partial charge in [-0.3, -0.25) is 9.52 Å². The van der Waals surface area contributed by atoms with Gasteiger partial charge in [0.05, 0.1) is 5.69 Å². The van der Waals surface area contributed by atoms with Crippen molar-refractivity contribution >= 4 is 27.3 Å². The lowest BCUT2D eigenvalue weighted by Gasteiger charge is -2.19. The third-order valence-corrected chi connectivity index (χ3v) is 4.21. The average molecular weight is 292 g/mol. The van der Waals surface area contributed by atoms with Gasteiger partial charge in [-0.15, -0.1) is 6.42 Å². The molecule has 0 bridgehead atoms. The molecule has 1 N–H and O–H groups in total. The number of terminal acetylenes is 1. The number of nitrogens with one attached hydrogen (secondary N) is 1. The quantitative estimate of drug-likeness (QED) is 0.855. The van der Waals surface area contributed by atoms with Gasteiger partial charge in [0.1, 0.15) is 5.75 Å².